The molecule has 68 heavy (non-hydrogen) atoms. The molecule has 0 aromatic heterocycles. The zero-order chi connectivity index (χ0) is 50.2. The molecule has 0 spiro atoms. The summed E-state index contributed by atoms with van der Waals surface area (Å²) in [5.41, 5.74) is 0.874. The topological polar surface area (TPSA) is 210 Å². The molecule has 0 bridgehead atoms. The summed E-state index contributed by atoms with van der Waals surface area (Å²) in [5.74, 6) is -2.25. The lowest BCUT2D eigenvalue weighted by Crippen LogP contribution is -2.61. The molecule has 1 unspecified atom stereocenters. The van der Waals surface area contributed by atoms with Crippen molar-refractivity contribution in [3.8, 4) is 0 Å². The van der Waals surface area contributed by atoms with Crippen LogP contribution >= 0.6 is 0 Å². The number of ether oxygens (including phenoxy) is 5. The number of hydrogen-bond acceptors (Lipinski definition) is 13. The van der Waals surface area contributed by atoms with E-state index in [1.807, 2.05) is 71.9 Å². The van der Waals surface area contributed by atoms with E-state index in [1.165, 1.54) is 7.11 Å². The lowest BCUT2D eigenvalue weighted by Gasteiger charge is -2.41. The van der Waals surface area contributed by atoms with Crippen LogP contribution in [0.1, 0.15) is 79.7 Å². The lowest BCUT2D eigenvalue weighted by atomic mass is 9.89. The van der Waals surface area contributed by atoms with Crippen LogP contribution in [0.25, 0.3) is 0 Å². The number of likely N-dealkylation sites (tertiary alicyclic amines) is 1. The van der Waals surface area contributed by atoms with Crippen molar-refractivity contribution in [1.82, 2.24) is 36.0 Å². The van der Waals surface area contributed by atoms with Gasteiger partial charge in [0.15, 0.2) is 0 Å². The van der Waals surface area contributed by atoms with Crippen molar-refractivity contribution in [3.05, 3.63) is 35.9 Å². The van der Waals surface area contributed by atoms with Crippen LogP contribution in [0, 0.1) is 23.7 Å². The van der Waals surface area contributed by atoms with E-state index in [4.69, 9.17) is 28.8 Å². The molecule has 5 amide bonds. The fourth-order valence-electron chi connectivity index (χ4n) is 9.47. The number of nitrogens with one attached hydrogen (secondary N) is 4. The van der Waals surface area contributed by atoms with Crippen molar-refractivity contribution < 1.29 is 52.8 Å². The van der Waals surface area contributed by atoms with Gasteiger partial charge in [-0.05, 0) is 36.2 Å². The number of carbonyl (C=O) groups is 5. The molecule has 0 saturated carbocycles. The molecule has 2 fully saturated rings. The number of benzene rings is 1. The van der Waals surface area contributed by atoms with Gasteiger partial charge in [0.2, 0.25) is 29.5 Å². The Bertz CT molecular complexity index is 1640. The summed E-state index contributed by atoms with van der Waals surface area (Å²) in [4.78, 5) is 76.3. The largest absolute Gasteiger partial charge is 0.394 e. The Balaban J connectivity index is 1.70. The summed E-state index contributed by atoms with van der Waals surface area (Å²) < 4.78 is 28.4. The number of rotatable bonds is 32. The van der Waals surface area contributed by atoms with E-state index in [9.17, 15) is 24.0 Å². The highest BCUT2D eigenvalue weighted by Gasteiger charge is 2.44. The zero-order valence-corrected chi connectivity index (χ0v) is 42.8. The number of nitrogens with zero attached hydrogens (tertiary/aromatic N) is 3. The molecule has 388 valence electrons. The monoisotopic (exact) mass is 962 g/mol. The average Bonchev–Trinajstić information content (AvgIpc) is 3.82. The maximum Gasteiger partial charge on any atom is 0.245 e. The van der Waals surface area contributed by atoms with Gasteiger partial charge in [-0.3, -0.25) is 28.9 Å². The van der Waals surface area contributed by atoms with Crippen LogP contribution in [0.15, 0.2) is 30.3 Å². The second kappa shape index (κ2) is 31.5. The lowest BCUT2D eigenvalue weighted by molar-refractivity contribution is -0.148. The fourth-order valence-corrected chi connectivity index (χ4v) is 9.47. The van der Waals surface area contributed by atoms with Gasteiger partial charge in [0, 0.05) is 67.0 Å². The van der Waals surface area contributed by atoms with Crippen LogP contribution in [0.5, 0.6) is 0 Å². The number of aliphatic hydroxyl groups is 1. The van der Waals surface area contributed by atoms with E-state index in [0.717, 1.165) is 38.2 Å². The number of aliphatic hydroxyl groups excluding tert-OH is 1. The minimum absolute atomic E-state index is 0.00972. The van der Waals surface area contributed by atoms with Gasteiger partial charge in [-0.2, -0.15) is 0 Å². The van der Waals surface area contributed by atoms with E-state index < -0.39 is 42.3 Å². The summed E-state index contributed by atoms with van der Waals surface area (Å²) >= 11 is 0. The molecule has 18 nitrogen and oxygen atoms in total. The Hall–Kier alpha value is -3.75. The van der Waals surface area contributed by atoms with Crippen molar-refractivity contribution in [2.24, 2.45) is 23.7 Å². The molecule has 1 aromatic rings. The van der Waals surface area contributed by atoms with Gasteiger partial charge in [-0.15, -0.1) is 0 Å². The second-order valence-electron chi connectivity index (χ2n) is 18.9. The zero-order valence-electron chi connectivity index (χ0n) is 42.8. The van der Waals surface area contributed by atoms with Gasteiger partial charge >= 0.3 is 0 Å². The Morgan fingerprint density at radius 3 is 2.01 bits per heavy atom. The normalized spacial score (nSPS) is 19.1. The van der Waals surface area contributed by atoms with Gasteiger partial charge in [0.1, 0.15) is 12.1 Å². The summed E-state index contributed by atoms with van der Waals surface area (Å²) in [6.45, 7) is 19.5. The minimum atomic E-state index is -0.888. The first-order valence-electron chi connectivity index (χ1n) is 24.9. The van der Waals surface area contributed by atoms with Crippen LogP contribution in [0.3, 0.4) is 0 Å². The summed E-state index contributed by atoms with van der Waals surface area (Å²) in [6, 6.07) is 6.50. The van der Waals surface area contributed by atoms with Gasteiger partial charge in [-0.1, -0.05) is 85.2 Å². The van der Waals surface area contributed by atoms with Crippen molar-refractivity contribution in [2.75, 3.05) is 107 Å². The Morgan fingerprint density at radius 1 is 0.809 bits per heavy atom. The van der Waals surface area contributed by atoms with Gasteiger partial charge in [0.05, 0.1) is 88.9 Å². The maximum atomic E-state index is 14.5. The number of piperazine rings is 1. The SMILES string of the molecule is CC[C@H](C)[C@@H](C(CC(=O)N1CCC[C@H]1[C@H](OC)[C@@H](C)C(=O)N[C@@H](Cc1ccccc1)C(=O)NCCOCCOCCOCCO)OC)N(C)C(=O)[C@@H](NC(=O)[C@H](C(C)C)N1CCNCC1)C(C)C. The first-order valence-corrected chi connectivity index (χ1v) is 24.9. The summed E-state index contributed by atoms with van der Waals surface area (Å²) in [6.07, 6.45) is 0.948. The smallest absolute Gasteiger partial charge is 0.245 e. The molecule has 18 heteroatoms. The third-order valence-electron chi connectivity index (χ3n) is 13.4. The Kier molecular flexibility index (Phi) is 27.1. The molecule has 0 aliphatic carbocycles. The van der Waals surface area contributed by atoms with E-state index in [-0.39, 0.29) is 92.5 Å². The highest BCUT2D eigenvalue weighted by molar-refractivity contribution is 5.91. The number of amides is 5. The molecule has 0 radical (unpaired) electrons. The highest BCUT2D eigenvalue weighted by Crippen LogP contribution is 2.30. The maximum absolute atomic E-state index is 14.5. The van der Waals surface area contributed by atoms with Crippen LogP contribution in [-0.2, 0) is 54.1 Å². The van der Waals surface area contributed by atoms with E-state index in [1.54, 1.807) is 30.9 Å². The number of carbonyl (C=O) groups excluding carboxylic acids is 5. The molecule has 2 heterocycles. The first-order chi connectivity index (χ1) is 32.6. The number of methoxy groups -OCH3 is 2. The fraction of sp³-hybridized carbons (Fsp3) is 0.780. The van der Waals surface area contributed by atoms with Crippen LogP contribution in [0.4, 0.5) is 0 Å². The molecule has 2 saturated heterocycles. The van der Waals surface area contributed by atoms with E-state index in [0.29, 0.717) is 45.8 Å². The molecule has 2 aliphatic heterocycles. The molecule has 1 aromatic carbocycles. The first kappa shape index (κ1) is 58.6. The predicted molar refractivity (Wildman–Crippen MR) is 261 cm³/mol. The van der Waals surface area contributed by atoms with Crippen LogP contribution in [-0.4, -0.2) is 199 Å². The van der Waals surface area contributed by atoms with E-state index >= 15 is 0 Å². The quantitative estimate of drug-likeness (QED) is 0.0655. The van der Waals surface area contributed by atoms with Crippen LogP contribution in [0.2, 0.25) is 0 Å². The molecular formula is C50H87N7O11. The molecule has 2 aliphatic rings. The minimum Gasteiger partial charge on any atom is -0.394 e. The van der Waals surface area contributed by atoms with Crippen molar-refractivity contribution in [3.63, 3.8) is 0 Å². The van der Waals surface area contributed by atoms with Gasteiger partial charge < -0.3 is 59.9 Å². The van der Waals surface area contributed by atoms with Gasteiger partial charge in [-0.25, -0.2) is 0 Å². The Labute approximate surface area is 406 Å². The number of hydrogen-bond donors (Lipinski definition) is 5. The van der Waals surface area contributed by atoms with Crippen LogP contribution < -0.4 is 21.3 Å². The van der Waals surface area contributed by atoms with Gasteiger partial charge in [0.25, 0.3) is 0 Å². The van der Waals surface area contributed by atoms with Crippen molar-refractivity contribution in [2.45, 2.75) is 123 Å². The second-order valence-corrected chi connectivity index (χ2v) is 18.9. The molecule has 3 rings (SSSR count). The standard InChI is InChI=1S/C50H87N7O11/c1-11-36(6)45(55(8)50(63)43(34(2)3)54-49(62)44(35(4)5)56-23-19-51-20-24-56)41(64-9)33-42(59)57-22-15-18-40(57)46(65-10)37(7)47(60)53-39(32-38-16-13-12-14-17-38)48(61)52-21-26-66-28-30-68-31-29-67-27-25-58/h12-14,16-17,34-37,39-41,43-46,51,58H,11,15,18-33H2,1-10H3,(H,52,61)(H,53,60)(H,54,62)/t36-,37+,39-,40-,41?,43-,44-,45-,46+/m0/s1. The molecule has 9 atom stereocenters. The highest BCUT2D eigenvalue weighted by atomic mass is 16.5. The Morgan fingerprint density at radius 2 is 1.44 bits per heavy atom. The molecular weight excluding hydrogens is 875 g/mol. The average molecular weight is 962 g/mol. The third kappa shape index (κ3) is 18.2. The van der Waals surface area contributed by atoms with Crippen molar-refractivity contribution >= 4 is 29.5 Å². The summed E-state index contributed by atoms with van der Waals surface area (Å²) in [5, 5.41) is 21.1. The third-order valence-corrected chi connectivity index (χ3v) is 13.4. The predicted octanol–water partition coefficient (Wildman–Crippen LogP) is 1.86. The number of likely N-dealkylation sites (N-methyl/N-ethyl adjacent to an activating group) is 1. The van der Waals surface area contributed by atoms with E-state index in [2.05, 4.69) is 26.2 Å². The molecule has 5 N–H and O–H groups in total. The van der Waals surface area contributed by atoms with Crippen molar-refractivity contribution in [1.29, 1.82) is 0 Å². The summed E-state index contributed by atoms with van der Waals surface area (Å²) in [7, 11) is 4.84.